The van der Waals surface area contributed by atoms with Crippen LogP contribution in [0.5, 0.6) is 0 Å². The molecule has 1 aromatic carbocycles. The third-order valence-corrected chi connectivity index (χ3v) is 7.70. The lowest BCUT2D eigenvalue weighted by atomic mass is 9.42. The normalized spacial score (nSPS) is 41.2. The Kier molecular flexibility index (Phi) is 3.93. The second-order valence-electron chi connectivity index (χ2n) is 9.78. The Bertz CT molecular complexity index is 675. The van der Waals surface area contributed by atoms with Crippen molar-refractivity contribution in [1.82, 2.24) is 5.32 Å². The van der Waals surface area contributed by atoms with E-state index < -0.39 is 0 Å². The summed E-state index contributed by atoms with van der Waals surface area (Å²) in [5.41, 5.74) is 2.91. The second-order valence-corrected chi connectivity index (χ2v) is 9.78. The molecule has 1 amide bonds. The van der Waals surface area contributed by atoms with E-state index >= 15 is 0 Å². The Morgan fingerprint density at radius 3 is 2.50 bits per heavy atom. The molecular weight excluding hydrogens is 322 g/mol. The predicted molar refractivity (Wildman–Crippen MR) is 102 cm³/mol. The van der Waals surface area contributed by atoms with Crippen LogP contribution >= 0.6 is 0 Å². The van der Waals surface area contributed by atoms with Gasteiger partial charge in [-0.15, -0.1) is 0 Å². The van der Waals surface area contributed by atoms with Crippen molar-refractivity contribution in [2.75, 3.05) is 13.2 Å². The highest BCUT2D eigenvalue weighted by Crippen LogP contribution is 2.65. The first kappa shape index (κ1) is 16.8. The summed E-state index contributed by atoms with van der Waals surface area (Å²) in [6.07, 6.45) is 9.31. The fourth-order valence-corrected chi connectivity index (χ4v) is 6.97. The van der Waals surface area contributed by atoms with Gasteiger partial charge in [0.2, 0.25) is 5.91 Å². The maximum Gasteiger partial charge on any atom is 0.226 e. The van der Waals surface area contributed by atoms with E-state index in [4.69, 9.17) is 4.74 Å². The summed E-state index contributed by atoms with van der Waals surface area (Å²) in [7, 11) is 0. The highest BCUT2D eigenvalue weighted by atomic mass is 16.5. The van der Waals surface area contributed by atoms with Crippen LogP contribution in [-0.2, 0) is 14.9 Å². The molecule has 0 aromatic heterocycles. The van der Waals surface area contributed by atoms with Crippen molar-refractivity contribution >= 4 is 5.91 Å². The van der Waals surface area contributed by atoms with Gasteiger partial charge >= 0.3 is 0 Å². The summed E-state index contributed by atoms with van der Waals surface area (Å²) in [5.74, 6) is 1.79. The number of aryl methyl sites for hydroxylation is 1. The number of hydrogen-bond acceptors (Lipinski definition) is 2. The Hall–Kier alpha value is -1.35. The van der Waals surface area contributed by atoms with Crippen LogP contribution < -0.4 is 5.32 Å². The van der Waals surface area contributed by atoms with E-state index in [0.717, 1.165) is 50.5 Å². The number of amides is 1. The first-order valence-electron chi connectivity index (χ1n) is 10.5. The van der Waals surface area contributed by atoms with Crippen LogP contribution in [0, 0.1) is 24.2 Å². The summed E-state index contributed by atoms with van der Waals surface area (Å²) in [4.78, 5) is 13.4. The number of rotatable bonds is 3. The lowest BCUT2D eigenvalue weighted by molar-refractivity contribution is -0.150. The van der Waals surface area contributed by atoms with Gasteiger partial charge in [-0.3, -0.25) is 4.79 Å². The van der Waals surface area contributed by atoms with Gasteiger partial charge in [-0.2, -0.15) is 0 Å². The zero-order valence-electron chi connectivity index (χ0n) is 15.9. The van der Waals surface area contributed by atoms with Crippen molar-refractivity contribution in [3.8, 4) is 0 Å². The quantitative estimate of drug-likeness (QED) is 0.887. The number of nitrogens with one attached hydrogen (secondary N) is 1. The molecule has 6 rings (SSSR count). The van der Waals surface area contributed by atoms with Gasteiger partial charge in [0.15, 0.2) is 0 Å². The molecule has 1 N–H and O–H groups in total. The smallest absolute Gasteiger partial charge is 0.226 e. The Morgan fingerprint density at radius 1 is 1.12 bits per heavy atom. The van der Waals surface area contributed by atoms with E-state index in [1.807, 2.05) is 0 Å². The maximum absolute atomic E-state index is 13.4. The molecule has 0 spiro atoms. The molecule has 3 atom stereocenters. The topological polar surface area (TPSA) is 38.3 Å². The van der Waals surface area contributed by atoms with Crippen LogP contribution in [0.25, 0.3) is 0 Å². The maximum atomic E-state index is 13.4. The summed E-state index contributed by atoms with van der Waals surface area (Å²) >= 11 is 0. The van der Waals surface area contributed by atoms with E-state index in [2.05, 4.69) is 36.5 Å². The SMILES string of the molecule is Cc1ccc(C23CC4CC(CC(C(=O)NC5CCCOC5)(C4)C2)C3)cc1. The summed E-state index contributed by atoms with van der Waals surface area (Å²) in [6, 6.07) is 9.39. The summed E-state index contributed by atoms with van der Waals surface area (Å²) in [6.45, 7) is 3.70. The summed E-state index contributed by atoms with van der Waals surface area (Å²) < 4.78 is 5.59. The minimum Gasteiger partial charge on any atom is -0.379 e. The molecule has 5 fully saturated rings. The minimum atomic E-state index is -0.133. The van der Waals surface area contributed by atoms with Crippen molar-refractivity contribution in [2.24, 2.45) is 17.3 Å². The zero-order valence-corrected chi connectivity index (χ0v) is 15.9. The highest BCUT2D eigenvalue weighted by molar-refractivity contribution is 5.84. The van der Waals surface area contributed by atoms with Gasteiger partial charge in [0.05, 0.1) is 18.1 Å². The van der Waals surface area contributed by atoms with Gasteiger partial charge in [-0.05, 0) is 81.1 Å². The molecule has 3 heteroatoms. The molecule has 1 aliphatic heterocycles. The first-order valence-corrected chi connectivity index (χ1v) is 10.5. The molecule has 0 radical (unpaired) electrons. The minimum absolute atomic E-state index is 0.133. The van der Waals surface area contributed by atoms with E-state index in [-0.39, 0.29) is 16.9 Å². The van der Waals surface area contributed by atoms with Gasteiger partial charge in [0.25, 0.3) is 0 Å². The highest BCUT2D eigenvalue weighted by Gasteiger charge is 2.61. The Labute approximate surface area is 156 Å². The molecule has 1 saturated heterocycles. The Balaban J connectivity index is 1.42. The molecule has 4 aliphatic carbocycles. The van der Waals surface area contributed by atoms with Crippen molar-refractivity contribution in [2.45, 2.75) is 69.7 Å². The standard InChI is InChI=1S/C23H31NO2/c1-16-4-6-19(7-5-16)22-10-17-9-18(11-22)13-23(12-17,15-22)21(25)24-20-3-2-8-26-14-20/h4-7,17-18,20H,2-3,8-15H2,1H3,(H,24,25). The van der Waals surface area contributed by atoms with Crippen LogP contribution in [0.4, 0.5) is 0 Å². The van der Waals surface area contributed by atoms with E-state index in [1.54, 1.807) is 0 Å². The van der Waals surface area contributed by atoms with Crippen molar-refractivity contribution in [3.63, 3.8) is 0 Å². The number of benzene rings is 1. The molecule has 26 heavy (non-hydrogen) atoms. The van der Waals surface area contributed by atoms with Gasteiger partial charge in [-0.1, -0.05) is 29.8 Å². The van der Waals surface area contributed by atoms with Gasteiger partial charge in [0, 0.05) is 6.61 Å². The molecule has 1 aromatic rings. The second kappa shape index (κ2) is 6.09. The molecule has 140 valence electrons. The monoisotopic (exact) mass is 353 g/mol. The summed E-state index contributed by atoms with van der Waals surface area (Å²) in [5, 5.41) is 3.39. The largest absolute Gasteiger partial charge is 0.379 e. The van der Waals surface area contributed by atoms with Crippen molar-refractivity contribution in [1.29, 1.82) is 0 Å². The van der Waals surface area contributed by atoms with Crippen LogP contribution in [-0.4, -0.2) is 25.2 Å². The number of carbonyl (C=O) groups excluding carboxylic acids is 1. The van der Waals surface area contributed by atoms with Gasteiger partial charge in [-0.25, -0.2) is 0 Å². The molecule has 1 heterocycles. The molecule has 3 unspecified atom stereocenters. The number of hydrogen-bond donors (Lipinski definition) is 1. The van der Waals surface area contributed by atoms with Crippen molar-refractivity contribution in [3.05, 3.63) is 35.4 Å². The van der Waals surface area contributed by atoms with E-state index in [1.165, 1.54) is 30.4 Å². The lowest BCUT2D eigenvalue weighted by Gasteiger charge is -2.61. The number of ether oxygens (including phenoxy) is 1. The van der Waals surface area contributed by atoms with Crippen LogP contribution in [0.1, 0.15) is 62.5 Å². The fraction of sp³-hybridized carbons (Fsp3) is 0.696. The third-order valence-electron chi connectivity index (χ3n) is 7.70. The first-order chi connectivity index (χ1) is 12.6. The molecule has 4 bridgehead atoms. The van der Waals surface area contributed by atoms with E-state index in [9.17, 15) is 4.79 Å². The fourth-order valence-electron chi connectivity index (χ4n) is 6.97. The van der Waals surface area contributed by atoms with Crippen LogP contribution in [0.3, 0.4) is 0 Å². The zero-order chi connectivity index (χ0) is 17.8. The average molecular weight is 354 g/mol. The third kappa shape index (κ3) is 2.70. The van der Waals surface area contributed by atoms with Crippen LogP contribution in [0.2, 0.25) is 0 Å². The molecule has 5 aliphatic rings. The van der Waals surface area contributed by atoms with Crippen LogP contribution in [0.15, 0.2) is 24.3 Å². The van der Waals surface area contributed by atoms with E-state index in [0.29, 0.717) is 12.5 Å². The van der Waals surface area contributed by atoms with Gasteiger partial charge < -0.3 is 10.1 Å². The van der Waals surface area contributed by atoms with Crippen molar-refractivity contribution < 1.29 is 9.53 Å². The Morgan fingerprint density at radius 2 is 1.85 bits per heavy atom. The molecular formula is C23H31NO2. The molecule has 3 nitrogen and oxygen atoms in total. The predicted octanol–water partition coefficient (Wildman–Crippen LogP) is 4.13. The lowest BCUT2D eigenvalue weighted by Crippen LogP contribution is -2.60. The average Bonchev–Trinajstić information content (AvgIpc) is 2.62. The number of carbonyl (C=O) groups is 1. The van der Waals surface area contributed by atoms with Gasteiger partial charge in [0.1, 0.15) is 0 Å². The molecule has 4 saturated carbocycles.